The van der Waals surface area contributed by atoms with Gasteiger partial charge in [-0.05, 0) is 241 Å². The van der Waals surface area contributed by atoms with Crippen LogP contribution in [0.1, 0.15) is 282 Å². The van der Waals surface area contributed by atoms with Crippen molar-refractivity contribution in [1.29, 1.82) is 0 Å². The van der Waals surface area contributed by atoms with E-state index in [1.165, 1.54) is 135 Å². The predicted molar refractivity (Wildman–Crippen MR) is 347 cm³/mol. The lowest BCUT2D eigenvalue weighted by molar-refractivity contribution is -0.137. The summed E-state index contributed by atoms with van der Waals surface area (Å²) in [6.07, 6.45) is 42.6. The van der Waals surface area contributed by atoms with Crippen molar-refractivity contribution in [2.24, 2.45) is 104 Å². The third-order valence-corrected chi connectivity index (χ3v) is 24.8. The molecule has 0 aromatic carbocycles. The standard InChI is InChI=1S/C38H63NO2.C27H47N.C10H17NO3/c1-26(2)12-11-13-28(5)33-17-18-34-32-16-15-30-24-29(19-21-37(30,6)35(32)20-22-38(33,34)7)25-31(40)14-9-8-10-23-39-36(41)27(3)4;1-18(2)7-6-8-19(3)23-11-12-24-22-10-9-20-17-21(28)13-15-26(20,4)25(22)14-16-27(23,24)5;1-8(2)10(14)11-7-5-3-4-6-9(12)13/h15,26,28-29,32-35H,3,8-14,16-25H2,1-2,4-7H3,(H,39,41);9,18-19,21-25H,6-8,10-17,28H2,1-5H3;1,3-7H2,2H3,(H,11,14)(H,12,13)/t28-,29+,32?,33?,34+,35+,37+,38-;19-,21+,22?,23?,24+,25+,26+,27-;/m11./s1. The van der Waals surface area contributed by atoms with Crippen molar-refractivity contribution in [3.63, 3.8) is 0 Å². The number of ketones is 1. The maximum atomic E-state index is 12.9. The van der Waals surface area contributed by atoms with E-state index < -0.39 is 5.97 Å². The van der Waals surface area contributed by atoms with Crippen LogP contribution in [0.5, 0.6) is 0 Å². The smallest absolute Gasteiger partial charge is 0.303 e. The molecule has 4 unspecified atom stereocenters. The highest BCUT2D eigenvalue weighted by Gasteiger charge is 2.61. The first kappa shape index (κ1) is 69.1. The first-order valence-electron chi connectivity index (χ1n) is 35.0. The van der Waals surface area contributed by atoms with E-state index in [0.29, 0.717) is 76.5 Å². The van der Waals surface area contributed by atoms with E-state index in [1.807, 2.05) is 0 Å². The summed E-state index contributed by atoms with van der Waals surface area (Å²) in [5.41, 5.74) is 12.9. The molecule has 8 heteroatoms. The molecule has 8 nitrogen and oxygen atoms in total. The molecule has 2 amide bonds. The minimum absolute atomic E-state index is 0.0643. The Morgan fingerprint density at radius 3 is 1.45 bits per heavy atom. The number of carboxylic acid groups (broad SMARTS) is 1. The summed E-state index contributed by atoms with van der Waals surface area (Å²) >= 11 is 0. The molecule has 8 aliphatic carbocycles. The topological polar surface area (TPSA) is 139 Å². The number of nitrogens with one attached hydrogen (secondary N) is 2. The molecule has 8 rings (SSSR count). The number of amides is 2. The SMILES string of the molecule is C=C(C)C(=O)NCCCCCC(=O)C[C@H]1CC[C@@]2(C)C(=CCC3[C@@H]2CC[C@]2(C)C([C@H](C)CCCC(C)C)CC[C@@H]32)C1.C=C(C)C(=O)NCCCCCC(=O)O.CC(C)CCC[C@@H](C)C1CC[C@H]2C3CC=C4C[C@@H](N)CC[C@]4(C)[C@H]3CC[C@]12C. The Kier molecular flexibility index (Phi) is 26.0. The molecule has 5 N–H and O–H groups in total. The van der Waals surface area contributed by atoms with E-state index in [9.17, 15) is 19.2 Å². The van der Waals surface area contributed by atoms with Crippen LogP contribution in [0.25, 0.3) is 0 Å². The lowest BCUT2D eigenvalue weighted by Gasteiger charge is -2.58. The van der Waals surface area contributed by atoms with Crippen LogP contribution in [0.3, 0.4) is 0 Å². The van der Waals surface area contributed by atoms with Gasteiger partial charge in [-0.2, -0.15) is 0 Å². The Morgan fingerprint density at radius 1 is 0.554 bits per heavy atom. The summed E-state index contributed by atoms with van der Waals surface area (Å²) in [6, 6.07) is 0.423. The minimum Gasteiger partial charge on any atom is -0.481 e. The van der Waals surface area contributed by atoms with Crippen molar-refractivity contribution in [2.75, 3.05) is 13.1 Å². The summed E-state index contributed by atoms with van der Waals surface area (Å²) in [4.78, 5) is 45.6. The van der Waals surface area contributed by atoms with Gasteiger partial charge in [0.25, 0.3) is 0 Å². The number of aliphatic carboxylic acids is 1. The first-order chi connectivity index (χ1) is 39.2. The van der Waals surface area contributed by atoms with Gasteiger partial charge < -0.3 is 21.5 Å². The lowest BCUT2D eigenvalue weighted by atomic mass is 9.46. The molecule has 0 saturated heterocycles. The van der Waals surface area contributed by atoms with Gasteiger partial charge in [-0.25, -0.2) is 0 Å². The fraction of sp³-hybridized carbons (Fsp3) is 0.840. The maximum absolute atomic E-state index is 12.9. The van der Waals surface area contributed by atoms with E-state index in [0.717, 1.165) is 116 Å². The highest BCUT2D eigenvalue weighted by Crippen LogP contribution is 2.69. The molecule has 0 aliphatic heterocycles. The summed E-state index contributed by atoms with van der Waals surface area (Å²) < 4.78 is 0. The molecule has 0 spiro atoms. The second-order valence-corrected chi connectivity index (χ2v) is 31.5. The number of carboxylic acids is 1. The zero-order chi connectivity index (χ0) is 60.9. The van der Waals surface area contributed by atoms with Crippen molar-refractivity contribution in [3.8, 4) is 0 Å². The van der Waals surface area contributed by atoms with Crippen LogP contribution in [-0.4, -0.2) is 47.8 Å². The molecule has 472 valence electrons. The Labute approximate surface area is 509 Å². The van der Waals surface area contributed by atoms with Gasteiger partial charge in [-0.15, -0.1) is 0 Å². The van der Waals surface area contributed by atoms with E-state index >= 15 is 0 Å². The van der Waals surface area contributed by atoms with Gasteiger partial charge in [0.05, 0.1) is 0 Å². The number of allylic oxidation sites excluding steroid dienone is 3. The lowest BCUT2D eigenvalue weighted by Crippen LogP contribution is -2.51. The van der Waals surface area contributed by atoms with Gasteiger partial charge in [0.2, 0.25) is 11.8 Å². The van der Waals surface area contributed by atoms with Crippen LogP contribution in [-0.2, 0) is 19.2 Å². The van der Waals surface area contributed by atoms with Crippen molar-refractivity contribution >= 4 is 23.6 Å². The van der Waals surface area contributed by atoms with Crippen molar-refractivity contribution < 1.29 is 24.3 Å². The number of carbonyl (C=O) groups excluding carboxylic acids is 3. The molecule has 0 radical (unpaired) electrons. The van der Waals surface area contributed by atoms with Crippen LogP contribution in [0.2, 0.25) is 0 Å². The number of unbranched alkanes of at least 4 members (excludes halogenated alkanes) is 4. The van der Waals surface area contributed by atoms with Crippen LogP contribution in [0.15, 0.2) is 47.6 Å². The summed E-state index contributed by atoms with van der Waals surface area (Å²) in [5, 5.41) is 13.9. The van der Waals surface area contributed by atoms with Crippen LogP contribution < -0.4 is 16.4 Å². The number of rotatable bonds is 26. The Balaban J connectivity index is 0.000000226. The molecule has 83 heavy (non-hydrogen) atoms. The maximum Gasteiger partial charge on any atom is 0.303 e. The predicted octanol–water partition coefficient (Wildman–Crippen LogP) is 18.5. The number of carbonyl (C=O) groups is 4. The van der Waals surface area contributed by atoms with Crippen molar-refractivity contribution in [3.05, 3.63) is 47.6 Å². The van der Waals surface area contributed by atoms with Crippen molar-refractivity contribution in [1.82, 2.24) is 10.6 Å². The second-order valence-electron chi connectivity index (χ2n) is 31.5. The first-order valence-corrected chi connectivity index (χ1v) is 35.0. The highest BCUT2D eigenvalue weighted by molar-refractivity contribution is 5.92. The fourth-order valence-electron chi connectivity index (χ4n) is 20.0. The normalized spacial score (nSPS) is 34.7. The quantitative estimate of drug-likeness (QED) is 0.0387. The zero-order valence-electron chi connectivity index (χ0n) is 55.6. The van der Waals surface area contributed by atoms with E-state index in [-0.39, 0.29) is 18.2 Å². The fourth-order valence-corrected chi connectivity index (χ4v) is 20.0. The van der Waals surface area contributed by atoms with Crippen molar-refractivity contribution in [2.45, 2.75) is 288 Å². The van der Waals surface area contributed by atoms with Gasteiger partial charge in [0.1, 0.15) is 5.78 Å². The molecule has 16 atom stereocenters. The van der Waals surface area contributed by atoms with Gasteiger partial charge in [0, 0.05) is 49.5 Å². The largest absolute Gasteiger partial charge is 0.481 e. The number of hydrogen-bond acceptors (Lipinski definition) is 5. The molecule has 0 bridgehead atoms. The summed E-state index contributed by atoms with van der Waals surface area (Å²) in [5.74, 6) is 11.0. The average Bonchev–Trinajstić information content (AvgIpc) is 2.98. The van der Waals surface area contributed by atoms with E-state index in [4.69, 9.17) is 10.8 Å². The van der Waals surface area contributed by atoms with Crippen LogP contribution >= 0.6 is 0 Å². The zero-order valence-corrected chi connectivity index (χ0v) is 55.6. The van der Waals surface area contributed by atoms with Gasteiger partial charge in [0.15, 0.2) is 0 Å². The monoisotopic (exact) mass is 1150 g/mol. The molecule has 0 heterocycles. The molecule has 6 fully saturated rings. The Bertz CT molecular complexity index is 2230. The molecule has 6 saturated carbocycles. The number of hydrogen-bond donors (Lipinski definition) is 4. The van der Waals surface area contributed by atoms with E-state index in [1.54, 1.807) is 25.0 Å². The van der Waals surface area contributed by atoms with Gasteiger partial charge in [-0.1, -0.05) is 157 Å². The molecule has 8 aliphatic rings. The van der Waals surface area contributed by atoms with Gasteiger partial charge in [-0.3, -0.25) is 19.2 Å². The van der Waals surface area contributed by atoms with E-state index in [2.05, 4.69) is 105 Å². The van der Waals surface area contributed by atoms with Gasteiger partial charge >= 0.3 is 5.97 Å². The third-order valence-electron chi connectivity index (χ3n) is 24.8. The minimum atomic E-state index is -0.768. The second kappa shape index (κ2) is 31.3. The summed E-state index contributed by atoms with van der Waals surface area (Å²) in [6.45, 7) is 37.1. The molecular formula is C75H127N3O5. The third kappa shape index (κ3) is 17.6. The Morgan fingerprint density at radius 2 is 1.00 bits per heavy atom. The average molecular weight is 1150 g/mol. The summed E-state index contributed by atoms with van der Waals surface area (Å²) in [7, 11) is 0. The number of nitrogens with two attached hydrogens (primary N) is 1. The van der Waals surface area contributed by atoms with Crippen LogP contribution in [0, 0.1) is 98.6 Å². The number of Topliss-reactive ketones (excluding diaryl/α,β-unsaturated/α-hetero) is 1. The molecule has 0 aromatic heterocycles. The molecular weight excluding hydrogens is 1020 g/mol. The number of fused-ring (bicyclic) bond motifs is 10. The Hall–Kier alpha value is -3.00. The highest BCUT2D eigenvalue weighted by atomic mass is 16.4. The van der Waals surface area contributed by atoms with Crippen LogP contribution in [0.4, 0.5) is 0 Å². The molecule has 0 aromatic rings.